The second-order valence-electron chi connectivity index (χ2n) is 6.91. The molecule has 164 valence electrons. The van der Waals surface area contributed by atoms with Crippen LogP contribution >= 0.6 is 0 Å². The van der Waals surface area contributed by atoms with Gasteiger partial charge in [-0.1, -0.05) is 41.6 Å². The van der Waals surface area contributed by atoms with Crippen LogP contribution in [0.1, 0.15) is 38.1 Å². The van der Waals surface area contributed by atoms with E-state index in [4.69, 9.17) is 14.0 Å². The van der Waals surface area contributed by atoms with E-state index in [1.54, 1.807) is 7.05 Å². The topological polar surface area (TPSA) is 80.9 Å². The van der Waals surface area contributed by atoms with Crippen molar-refractivity contribution in [1.82, 2.24) is 15.8 Å². The van der Waals surface area contributed by atoms with Gasteiger partial charge in [0.25, 0.3) is 0 Å². The molecule has 1 aromatic heterocycles. The van der Waals surface area contributed by atoms with Gasteiger partial charge in [-0.25, -0.2) is 0 Å². The first-order valence-corrected chi connectivity index (χ1v) is 10.5. The highest BCUT2D eigenvalue weighted by Crippen LogP contribution is 2.30. The van der Waals surface area contributed by atoms with E-state index in [9.17, 15) is 0 Å². The molecule has 2 aromatic carbocycles. The number of aliphatic imine (C=N–C) groups is 1. The molecule has 0 radical (unpaired) electrons. The summed E-state index contributed by atoms with van der Waals surface area (Å²) < 4.78 is 16.8. The fourth-order valence-corrected chi connectivity index (χ4v) is 3.13. The predicted octanol–water partition coefficient (Wildman–Crippen LogP) is 4.57. The molecule has 7 heteroatoms. The first-order valence-electron chi connectivity index (χ1n) is 10.5. The number of aromatic nitrogens is 1. The monoisotopic (exact) mass is 422 g/mol. The molecule has 1 atom stereocenters. The second kappa shape index (κ2) is 11.1. The highest BCUT2D eigenvalue weighted by molar-refractivity contribution is 5.80. The van der Waals surface area contributed by atoms with Crippen LogP contribution in [-0.4, -0.2) is 31.4 Å². The van der Waals surface area contributed by atoms with Gasteiger partial charge in [-0.05, 0) is 38.5 Å². The standard InChI is InChI=1S/C24H30N4O3/c1-5-29-21-13-12-19(14-23(21)30-6-2)17(3)27-24(25-4)26-16-20-15-22(31-28-20)18-10-8-7-9-11-18/h7-15,17H,5-6,16H2,1-4H3,(H2,25,26,27). The number of nitrogens with zero attached hydrogens (tertiary/aromatic N) is 2. The number of ether oxygens (including phenoxy) is 2. The van der Waals surface area contributed by atoms with Crippen molar-refractivity contribution >= 4 is 5.96 Å². The molecule has 7 nitrogen and oxygen atoms in total. The third-order valence-electron chi connectivity index (χ3n) is 4.70. The molecular weight excluding hydrogens is 392 g/mol. The van der Waals surface area contributed by atoms with Gasteiger partial charge in [0.1, 0.15) is 5.69 Å². The molecule has 31 heavy (non-hydrogen) atoms. The lowest BCUT2D eigenvalue weighted by atomic mass is 10.1. The minimum Gasteiger partial charge on any atom is -0.490 e. The van der Waals surface area contributed by atoms with Crippen LogP contribution in [0.25, 0.3) is 11.3 Å². The first-order chi connectivity index (χ1) is 15.1. The van der Waals surface area contributed by atoms with Crippen LogP contribution < -0.4 is 20.1 Å². The van der Waals surface area contributed by atoms with Crippen LogP contribution in [-0.2, 0) is 6.54 Å². The lowest BCUT2D eigenvalue weighted by molar-refractivity contribution is 0.287. The summed E-state index contributed by atoms with van der Waals surface area (Å²) in [5.41, 5.74) is 2.87. The van der Waals surface area contributed by atoms with Crippen molar-refractivity contribution in [1.29, 1.82) is 0 Å². The van der Waals surface area contributed by atoms with Gasteiger partial charge in [0.2, 0.25) is 0 Å². The number of guanidine groups is 1. The number of nitrogens with one attached hydrogen (secondary N) is 2. The van der Waals surface area contributed by atoms with Gasteiger partial charge in [0.15, 0.2) is 23.2 Å². The molecule has 0 saturated carbocycles. The smallest absolute Gasteiger partial charge is 0.191 e. The maximum atomic E-state index is 5.74. The van der Waals surface area contributed by atoms with E-state index in [0.717, 1.165) is 34.1 Å². The third-order valence-corrected chi connectivity index (χ3v) is 4.70. The summed E-state index contributed by atoms with van der Waals surface area (Å²) in [7, 11) is 1.74. The quantitative estimate of drug-likeness (QED) is 0.388. The van der Waals surface area contributed by atoms with Gasteiger partial charge in [0.05, 0.1) is 25.8 Å². The molecule has 3 rings (SSSR count). The predicted molar refractivity (Wildman–Crippen MR) is 122 cm³/mol. The third kappa shape index (κ3) is 6.01. The lowest BCUT2D eigenvalue weighted by Gasteiger charge is -2.19. The number of benzene rings is 2. The normalized spacial score (nSPS) is 12.3. The Kier molecular flexibility index (Phi) is 7.92. The fraction of sp³-hybridized carbons (Fsp3) is 0.333. The maximum absolute atomic E-state index is 5.74. The van der Waals surface area contributed by atoms with Crippen molar-refractivity contribution in [3.63, 3.8) is 0 Å². The maximum Gasteiger partial charge on any atom is 0.191 e. The first kappa shape index (κ1) is 22.2. The van der Waals surface area contributed by atoms with Crippen molar-refractivity contribution in [2.24, 2.45) is 4.99 Å². The van der Waals surface area contributed by atoms with Crippen LogP contribution in [0, 0.1) is 0 Å². The summed E-state index contributed by atoms with van der Waals surface area (Å²) in [6, 6.07) is 17.8. The number of hydrogen-bond donors (Lipinski definition) is 2. The van der Waals surface area contributed by atoms with Crippen LogP contribution in [0.2, 0.25) is 0 Å². The van der Waals surface area contributed by atoms with Crippen molar-refractivity contribution < 1.29 is 14.0 Å². The SMILES string of the molecule is CCOc1ccc(C(C)NC(=NC)NCc2cc(-c3ccccc3)on2)cc1OCC. The molecule has 2 N–H and O–H groups in total. The second-order valence-corrected chi connectivity index (χ2v) is 6.91. The molecule has 0 bridgehead atoms. The molecule has 0 spiro atoms. The van der Waals surface area contributed by atoms with Gasteiger partial charge < -0.3 is 24.6 Å². The van der Waals surface area contributed by atoms with Crippen molar-refractivity contribution in [2.45, 2.75) is 33.4 Å². The zero-order valence-electron chi connectivity index (χ0n) is 18.5. The Bertz CT molecular complexity index is 985. The molecule has 0 aliphatic carbocycles. The van der Waals surface area contributed by atoms with Gasteiger partial charge in [-0.3, -0.25) is 4.99 Å². The Labute approximate surface area is 183 Å². The molecule has 1 heterocycles. The van der Waals surface area contributed by atoms with Crippen LogP contribution in [0.5, 0.6) is 11.5 Å². The van der Waals surface area contributed by atoms with Crippen LogP contribution in [0.4, 0.5) is 0 Å². The molecule has 0 fully saturated rings. The Balaban J connectivity index is 1.61. The number of hydrogen-bond acceptors (Lipinski definition) is 5. The molecule has 1 unspecified atom stereocenters. The molecule has 0 saturated heterocycles. The Morgan fingerprint density at radius 3 is 2.48 bits per heavy atom. The van der Waals surface area contributed by atoms with E-state index in [0.29, 0.717) is 25.7 Å². The van der Waals surface area contributed by atoms with E-state index in [2.05, 4.69) is 27.7 Å². The molecule has 3 aromatic rings. The van der Waals surface area contributed by atoms with Crippen molar-refractivity contribution in [2.75, 3.05) is 20.3 Å². The van der Waals surface area contributed by atoms with E-state index in [1.807, 2.05) is 68.4 Å². The summed E-state index contributed by atoms with van der Waals surface area (Å²) in [5.74, 6) is 2.91. The van der Waals surface area contributed by atoms with Gasteiger partial charge >= 0.3 is 0 Å². The zero-order chi connectivity index (χ0) is 22.1. The molecular formula is C24H30N4O3. The van der Waals surface area contributed by atoms with E-state index in [-0.39, 0.29) is 6.04 Å². The summed E-state index contributed by atoms with van der Waals surface area (Å²) in [6.07, 6.45) is 0. The number of rotatable bonds is 9. The van der Waals surface area contributed by atoms with Crippen LogP contribution in [0.15, 0.2) is 64.1 Å². The minimum absolute atomic E-state index is 0.0123. The average molecular weight is 423 g/mol. The van der Waals surface area contributed by atoms with Crippen molar-refractivity contribution in [3.05, 3.63) is 65.9 Å². The van der Waals surface area contributed by atoms with Gasteiger partial charge in [-0.15, -0.1) is 0 Å². The Hall–Kier alpha value is -3.48. The largest absolute Gasteiger partial charge is 0.490 e. The lowest BCUT2D eigenvalue weighted by Crippen LogP contribution is -2.38. The zero-order valence-corrected chi connectivity index (χ0v) is 18.5. The average Bonchev–Trinajstić information content (AvgIpc) is 3.27. The van der Waals surface area contributed by atoms with E-state index >= 15 is 0 Å². The summed E-state index contributed by atoms with van der Waals surface area (Å²) in [6.45, 7) is 7.66. The van der Waals surface area contributed by atoms with Crippen LogP contribution in [0.3, 0.4) is 0 Å². The van der Waals surface area contributed by atoms with Crippen molar-refractivity contribution in [3.8, 4) is 22.8 Å². The fourth-order valence-electron chi connectivity index (χ4n) is 3.13. The minimum atomic E-state index is 0.0123. The molecule has 0 aliphatic rings. The summed E-state index contributed by atoms with van der Waals surface area (Å²) in [5, 5.41) is 10.8. The summed E-state index contributed by atoms with van der Waals surface area (Å²) >= 11 is 0. The Morgan fingerprint density at radius 2 is 1.77 bits per heavy atom. The summed E-state index contributed by atoms with van der Waals surface area (Å²) in [4.78, 5) is 4.32. The van der Waals surface area contributed by atoms with Gasteiger partial charge in [0, 0.05) is 18.7 Å². The molecule has 0 amide bonds. The molecule has 0 aliphatic heterocycles. The van der Waals surface area contributed by atoms with E-state index in [1.165, 1.54) is 0 Å². The highest BCUT2D eigenvalue weighted by atomic mass is 16.5. The van der Waals surface area contributed by atoms with E-state index < -0.39 is 0 Å². The Morgan fingerprint density at radius 1 is 1.03 bits per heavy atom. The van der Waals surface area contributed by atoms with Gasteiger partial charge in [-0.2, -0.15) is 0 Å². The highest BCUT2D eigenvalue weighted by Gasteiger charge is 2.13.